The Morgan fingerprint density at radius 3 is 2.19 bits per heavy atom. The van der Waals surface area contributed by atoms with Crippen molar-refractivity contribution in [2.45, 2.75) is 4.90 Å². The molecule has 0 spiro atoms. The van der Waals surface area contributed by atoms with E-state index in [1.165, 1.54) is 24.3 Å². The first-order chi connectivity index (χ1) is 12.7. The van der Waals surface area contributed by atoms with E-state index in [0.717, 1.165) is 18.2 Å². The summed E-state index contributed by atoms with van der Waals surface area (Å²) in [6, 6.07) is 11.7. The molecule has 0 aromatic heterocycles. The number of nitrogens with one attached hydrogen (secondary N) is 1. The Kier molecular flexibility index (Phi) is 4.52. The van der Waals surface area contributed by atoms with Crippen molar-refractivity contribution >= 4 is 38.2 Å². The number of hydrogen-bond donors (Lipinski definition) is 3. The second-order valence-corrected chi connectivity index (χ2v) is 6.94. The Hall–Kier alpha value is -3.50. The molecule has 10 heteroatoms. The lowest BCUT2D eigenvalue weighted by atomic mass is 10.1. The van der Waals surface area contributed by atoms with E-state index in [1.807, 2.05) is 0 Å². The molecule has 0 saturated carbocycles. The van der Waals surface area contributed by atoms with E-state index >= 15 is 0 Å². The molecule has 0 bridgehead atoms. The second kappa shape index (κ2) is 6.67. The lowest BCUT2D eigenvalue weighted by Crippen LogP contribution is -2.15. The van der Waals surface area contributed by atoms with E-state index in [2.05, 4.69) is 5.32 Å². The topological polar surface area (TPSA) is 147 Å². The van der Waals surface area contributed by atoms with Gasteiger partial charge in [0, 0.05) is 34.5 Å². The number of carbonyl (C=O) groups is 1. The summed E-state index contributed by atoms with van der Waals surface area (Å²) in [5.41, 5.74) is -0.381. The molecule has 0 unspecified atom stereocenters. The molecule has 3 aromatic rings. The van der Waals surface area contributed by atoms with Crippen molar-refractivity contribution in [1.29, 1.82) is 0 Å². The summed E-state index contributed by atoms with van der Waals surface area (Å²) in [6.45, 7) is 0. The monoisotopic (exact) mass is 388 g/mol. The molecule has 3 rings (SSSR count). The van der Waals surface area contributed by atoms with Gasteiger partial charge in [-0.15, -0.1) is 0 Å². The minimum atomic E-state index is -4.76. The third kappa shape index (κ3) is 3.57. The zero-order valence-electron chi connectivity index (χ0n) is 13.5. The normalized spacial score (nSPS) is 11.3. The number of nitro groups is 1. The molecule has 0 aliphatic rings. The number of nitro benzene ring substituents is 1. The van der Waals surface area contributed by atoms with Gasteiger partial charge >= 0.3 is 0 Å². The average Bonchev–Trinajstić information content (AvgIpc) is 2.63. The van der Waals surface area contributed by atoms with Crippen LogP contribution in [0.15, 0.2) is 59.5 Å². The fourth-order valence-corrected chi connectivity index (χ4v) is 3.26. The molecular formula is C17H12N2O7S. The van der Waals surface area contributed by atoms with Gasteiger partial charge in [0.15, 0.2) is 0 Å². The first-order valence-electron chi connectivity index (χ1n) is 7.46. The number of nitrogens with zero attached hydrogens (tertiary/aromatic N) is 1. The number of amides is 1. The SMILES string of the molecule is O=C(Nc1c(S(=O)(=O)O)cc(O)c2ccccc12)c1ccc([N+](=O)[O-])cc1. The fourth-order valence-electron chi connectivity index (χ4n) is 2.58. The van der Waals surface area contributed by atoms with Gasteiger partial charge in [0.05, 0.1) is 10.6 Å². The molecule has 0 atom stereocenters. The van der Waals surface area contributed by atoms with Crippen LogP contribution in [0.25, 0.3) is 10.8 Å². The molecule has 1 amide bonds. The van der Waals surface area contributed by atoms with Crippen LogP contribution in [0, 0.1) is 10.1 Å². The first-order valence-corrected chi connectivity index (χ1v) is 8.90. The molecule has 27 heavy (non-hydrogen) atoms. The highest BCUT2D eigenvalue weighted by Gasteiger charge is 2.22. The van der Waals surface area contributed by atoms with Crippen LogP contribution in [0.5, 0.6) is 5.75 Å². The largest absolute Gasteiger partial charge is 0.507 e. The fraction of sp³-hybridized carbons (Fsp3) is 0. The molecule has 9 nitrogen and oxygen atoms in total. The van der Waals surface area contributed by atoms with E-state index < -0.39 is 25.8 Å². The Morgan fingerprint density at radius 1 is 1.04 bits per heavy atom. The third-order valence-corrected chi connectivity index (χ3v) is 4.72. The molecule has 0 aliphatic heterocycles. The van der Waals surface area contributed by atoms with Gasteiger partial charge in [0.1, 0.15) is 10.6 Å². The summed E-state index contributed by atoms with van der Waals surface area (Å²) in [5, 5.41) is 23.6. The molecule has 138 valence electrons. The highest BCUT2D eigenvalue weighted by molar-refractivity contribution is 7.86. The Morgan fingerprint density at radius 2 is 1.63 bits per heavy atom. The quantitative estimate of drug-likeness (QED) is 0.269. The summed E-state index contributed by atoms with van der Waals surface area (Å²) in [7, 11) is -4.76. The van der Waals surface area contributed by atoms with Crippen molar-refractivity contribution in [2.24, 2.45) is 0 Å². The van der Waals surface area contributed by atoms with Gasteiger partial charge in [0.2, 0.25) is 0 Å². The predicted octanol–water partition coefficient (Wildman–Crippen LogP) is 2.95. The number of anilines is 1. The van der Waals surface area contributed by atoms with Crippen LogP contribution >= 0.6 is 0 Å². The average molecular weight is 388 g/mol. The summed E-state index contributed by atoms with van der Waals surface area (Å²) in [4.78, 5) is 21.9. The number of non-ortho nitro benzene ring substituents is 1. The van der Waals surface area contributed by atoms with Gasteiger partial charge in [-0.3, -0.25) is 19.5 Å². The van der Waals surface area contributed by atoms with Crippen LogP contribution in [-0.2, 0) is 10.1 Å². The van der Waals surface area contributed by atoms with Gasteiger partial charge in [-0.2, -0.15) is 8.42 Å². The maximum absolute atomic E-state index is 12.5. The van der Waals surface area contributed by atoms with Crippen LogP contribution in [-0.4, -0.2) is 28.9 Å². The van der Waals surface area contributed by atoms with Crippen molar-refractivity contribution in [2.75, 3.05) is 5.32 Å². The lowest BCUT2D eigenvalue weighted by molar-refractivity contribution is -0.384. The summed E-state index contributed by atoms with van der Waals surface area (Å²) in [5.74, 6) is -1.13. The van der Waals surface area contributed by atoms with E-state index in [-0.39, 0.29) is 33.5 Å². The molecule has 0 radical (unpaired) electrons. The highest BCUT2D eigenvalue weighted by atomic mass is 32.2. The van der Waals surface area contributed by atoms with Gasteiger partial charge in [0.25, 0.3) is 21.7 Å². The number of fused-ring (bicyclic) bond motifs is 1. The predicted molar refractivity (Wildman–Crippen MR) is 96.5 cm³/mol. The molecular weight excluding hydrogens is 376 g/mol. The molecule has 0 fully saturated rings. The Bertz CT molecular complexity index is 1170. The summed E-state index contributed by atoms with van der Waals surface area (Å²) in [6.07, 6.45) is 0. The van der Waals surface area contributed by atoms with E-state index in [0.29, 0.717) is 0 Å². The summed E-state index contributed by atoms with van der Waals surface area (Å²) < 4.78 is 32.9. The number of phenols is 1. The van der Waals surface area contributed by atoms with Crippen molar-refractivity contribution in [3.8, 4) is 5.75 Å². The second-order valence-electron chi connectivity index (χ2n) is 5.55. The minimum absolute atomic E-state index is 0.0408. The van der Waals surface area contributed by atoms with Crippen LogP contribution in [0.4, 0.5) is 11.4 Å². The van der Waals surface area contributed by atoms with E-state index in [1.54, 1.807) is 12.1 Å². The minimum Gasteiger partial charge on any atom is -0.507 e. The zero-order valence-corrected chi connectivity index (χ0v) is 14.3. The van der Waals surface area contributed by atoms with Crippen LogP contribution < -0.4 is 5.32 Å². The van der Waals surface area contributed by atoms with E-state index in [4.69, 9.17) is 0 Å². The molecule has 0 saturated heterocycles. The molecule has 3 aromatic carbocycles. The molecule has 0 aliphatic carbocycles. The van der Waals surface area contributed by atoms with Gasteiger partial charge in [-0.25, -0.2) is 0 Å². The van der Waals surface area contributed by atoms with Gasteiger partial charge in [-0.05, 0) is 12.1 Å². The number of hydrogen-bond acceptors (Lipinski definition) is 6. The Balaban J connectivity index is 2.11. The van der Waals surface area contributed by atoms with Crippen molar-refractivity contribution in [3.63, 3.8) is 0 Å². The number of phenolic OH excluding ortho intramolecular Hbond substituents is 1. The number of rotatable bonds is 4. The third-order valence-electron chi connectivity index (χ3n) is 3.84. The molecule has 0 heterocycles. The lowest BCUT2D eigenvalue weighted by Gasteiger charge is -2.14. The molecule has 3 N–H and O–H groups in total. The van der Waals surface area contributed by atoms with Gasteiger partial charge in [-0.1, -0.05) is 24.3 Å². The maximum Gasteiger partial charge on any atom is 0.296 e. The number of aromatic hydroxyl groups is 1. The van der Waals surface area contributed by atoms with Crippen molar-refractivity contribution in [1.82, 2.24) is 0 Å². The summed E-state index contributed by atoms with van der Waals surface area (Å²) >= 11 is 0. The standard InChI is InChI=1S/C17H12N2O7S/c20-14-9-15(27(24,25)26)16(13-4-2-1-3-12(13)14)18-17(21)10-5-7-11(8-6-10)19(22)23/h1-9,20H,(H,18,21)(H,24,25,26). The smallest absolute Gasteiger partial charge is 0.296 e. The maximum atomic E-state index is 12.5. The van der Waals surface area contributed by atoms with Crippen LogP contribution in [0.2, 0.25) is 0 Å². The van der Waals surface area contributed by atoms with Crippen molar-refractivity contribution in [3.05, 3.63) is 70.3 Å². The van der Waals surface area contributed by atoms with Crippen LogP contribution in [0.3, 0.4) is 0 Å². The number of benzene rings is 3. The highest BCUT2D eigenvalue weighted by Crippen LogP contribution is 2.37. The first kappa shape index (κ1) is 18.3. The van der Waals surface area contributed by atoms with Gasteiger partial charge < -0.3 is 10.4 Å². The van der Waals surface area contributed by atoms with E-state index in [9.17, 15) is 33.0 Å². The Labute approximate surface area is 152 Å². The van der Waals surface area contributed by atoms with Crippen LogP contribution in [0.1, 0.15) is 10.4 Å². The zero-order chi connectivity index (χ0) is 19.8. The number of carbonyl (C=O) groups excluding carboxylic acids is 1. The van der Waals surface area contributed by atoms with Crippen molar-refractivity contribution < 1.29 is 27.8 Å².